The Bertz CT molecular complexity index is 1130. The first-order valence-electron chi connectivity index (χ1n) is 11.9. The second kappa shape index (κ2) is 11.9. The highest BCUT2D eigenvalue weighted by atomic mass is 16.5. The average Bonchev–Trinajstić information content (AvgIpc) is 3.23. The van der Waals surface area contributed by atoms with E-state index in [0.717, 1.165) is 0 Å². The summed E-state index contributed by atoms with van der Waals surface area (Å²) < 4.78 is 17.1. The molecule has 0 unspecified atom stereocenters. The van der Waals surface area contributed by atoms with Crippen molar-refractivity contribution in [1.29, 1.82) is 0 Å². The number of hydrazine groups is 1. The van der Waals surface area contributed by atoms with Crippen molar-refractivity contribution in [2.24, 2.45) is 10.1 Å². The van der Waals surface area contributed by atoms with Crippen LogP contribution in [0.5, 0.6) is 5.75 Å². The number of aliphatic imine (C=N–C) groups is 1. The zero-order valence-electron chi connectivity index (χ0n) is 20.2. The van der Waals surface area contributed by atoms with E-state index in [1.807, 2.05) is 36.2 Å². The Hall–Kier alpha value is -3.63. The number of carbonyl (C=O) groups excluding carboxylic acids is 1. The first-order valence-corrected chi connectivity index (χ1v) is 11.9. The topological polar surface area (TPSA) is 141 Å². The number of carbonyl (C=O) groups is 1. The molecule has 4 rings (SSSR count). The van der Waals surface area contributed by atoms with Crippen molar-refractivity contribution in [2.75, 3.05) is 39.5 Å². The smallest absolute Gasteiger partial charge is 0.266 e. The summed E-state index contributed by atoms with van der Waals surface area (Å²) in [6.07, 6.45) is 0.145. The minimum atomic E-state index is -1.29. The normalized spacial score (nSPS) is 21.7. The number of aliphatic hydroxyl groups is 1. The molecule has 36 heavy (non-hydrogen) atoms. The van der Waals surface area contributed by atoms with Gasteiger partial charge in [0.25, 0.3) is 5.91 Å². The van der Waals surface area contributed by atoms with Crippen LogP contribution in [0.4, 0.5) is 5.69 Å². The summed E-state index contributed by atoms with van der Waals surface area (Å²) in [6, 6.07) is 14.4. The molecule has 2 aliphatic rings. The summed E-state index contributed by atoms with van der Waals surface area (Å²) in [6.45, 7) is 4.50. The van der Waals surface area contributed by atoms with Crippen molar-refractivity contribution in [3.63, 3.8) is 0 Å². The summed E-state index contributed by atoms with van der Waals surface area (Å²) in [5.74, 6) is 0.716. The predicted molar refractivity (Wildman–Crippen MR) is 133 cm³/mol. The summed E-state index contributed by atoms with van der Waals surface area (Å²) in [5.41, 5.74) is 12.6. The molecule has 2 aliphatic heterocycles. The second-order valence-corrected chi connectivity index (χ2v) is 8.59. The third kappa shape index (κ3) is 5.77. The Balaban J connectivity index is 1.65. The Morgan fingerprint density at radius 1 is 1.28 bits per heavy atom. The maximum absolute atomic E-state index is 13.8. The standard InChI is InChI=1S/C25H30N6O5/c1-18-25(24(33)29-31-11-15-34-16-12-31,17-20-5-2-3-6-22(20)28-30-26)27-23(36-18)19-7-9-21(10-8-19)35-14-4-13-32/h2-3,5-10,18,32H,4,11-17H2,1H3,(H,29,33)/t18-,25-/m0/s1. The Morgan fingerprint density at radius 3 is 2.75 bits per heavy atom. The molecule has 190 valence electrons. The summed E-state index contributed by atoms with van der Waals surface area (Å²) in [7, 11) is 0. The second-order valence-electron chi connectivity index (χ2n) is 8.59. The van der Waals surface area contributed by atoms with Gasteiger partial charge in [-0.15, -0.1) is 0 Å². The van der Waals surface area contributed by atoms with E-state index in [0.29, 0.717) is 67.8 Å². The van der Waals surface area contributed by atoms with Gasteiger partial charge >= 0.3 is 0 Å². The molecule has 11 nitrogen and oxygen atoms in total. The van der Waals surface area contributed by atoms with E-state index in [9.17, 15) is 4.79 Å². The maximum Gasteiger partial charge on any atom is 0.266 e. The SMILES string of the molecule is C[C@@H]1OC(c2ccc(OCCCO)cc2)=N[C@]1(Cc1ccccc1N=[N+]=[N-])C(=O)NN1CCOCC1. The molecule has 11 heteroatoms. The van der Waals surface area contributed by atoms with E-state index in [1.54, 1.807) is 24.3 Å². The van der Waals surface area contributed by atoms with Gasteiger partial charge in [0.2, 0.25) is 5.90 Å². The minimum absolute atomic E-state index is 0.0675. The monoisotopic (exact) mass is 494 g/mol. The lowest BCUT2D eigenvalue weighted by atomic mass is 9.85. The Kier molecular flexibility index (Phi) is 8.40. The summed E-state index contributed by atoms with van der Waals surface area (Å²) >= 11 is 0. The number of amides is 1. The van der Waals surface area contributed by atoms with E-state index in [2.05, 4.69) is 15.5 Å². The molecule has 1 amide bonds. The van der Waals surface area contributed by atoms with Gasteiger partial charge in [-0.2, -0.15) is 0 Å². The van der Waals surface area contributed by atoms with Crippen LogP contribution >= 0.6 is 0 Å². The lowest BCUT2D eigenvalue weighted by Gasteiger charge is -2.33. The molecule has 2 atom stereocenters. The van der Waals surface area contributed by atoms with Crippen molar-refractivity contribution in [3.8, 4) is 5.75 Å². The quantitative estimate of drug-likeness (QED) is 0.225. The maximum atomic E-state index is 13.8. The van der Waals surface area contributed by atoms with Crippen LogP contribution in [0.3, 0.4) is 0 Å². The number of nitrogens with one attached hydrogen (secondary N) is 1. The number of rotatable bonds is 10. The molecule has 2 heterocycles. The number of hydrogen-bond acceptors (Lipinski definition) is 8. The fraction of sp³-hybridized carbons (Fsp3) is 0.440. The van der Waals surface area contributed by atoms with Crippen molar-refractivity contribution in [1.82, 2.24) is 10.4 Å². The molecule has 0 spiro atoms. The average molecular weight is 495 g/mol. The molecule has 0 saturated carbocycles. The van der Waals surface area contributed by atoms with Gasteiger partial charge in [-0.05, 0) is 42.3 Å². The van der Waals surface area contributed by atoms with Gasteiger partial charge in [0.15, 0.2) is 5.54 Å². The molecule has 1 fully saturated rings. The fourth-order valence-corrected chi connectivity index (χ4v) is 4.16. The zero-order chi connectivity index (χ0) is 25.4. The molecule has 0 aromatic heterocycles. The highest BCUT2D eigenvalue weighted by Crippen LogP contribution is 2.35. The lowest BCUT2D eigenvalue weighted by molar-refractivity contribution is -0.135. The molecule has 0 bridgehead atoms. The van der Waals surface area contributed by atoms with Crippen LogP contribution in [-0.4, -0.2) is 73.1 Å². The summed E-state index contributed by atoms with van der Waals surface area (Å²) in [5, 5.41) is 14.6. The van der Waals surface area contributed by atoms with E-state index in [4.69, 9.17) is 29.8 Å². The van der Waals surface area contributed by atoms with Gasteiger partial charge in [0, 0.05) is 48.7 Å². The third-order valence-corrected chi connectivity index (χ3v) is 6.20. The highest BCUT2D eigenvalue weighted by Gasteiger charge is 2.51. The van der Waals surface area contributed by atoms with Crippen LogP contribution in [0.25, 0.3) is 10.4 Å². The number of morpholine rings is 1. The van der Waals surface area contributed by atoms with E-state index < -0.39 is 11.6 Å². The first kappa shape index (κ1) is 25.5. The molecule has 0 radical (unpaired) electrons. The van der Waals surface area contributed by atoms with E-state index >= 15 is 0 Å². The van der Waals surface area contributed by atoms with Crippen molar-refractivity contribution in [2.45, 2.75) is 31.4 Å². The zero-order valence-corrected chi connectivity index (χ0v) is 20.2. The minimum Gasteiger partial charge on any atom is -0.494 e. The van der Waals surface area contributed by atoms with E-state index in [-0.39, 0.29) is 18.9 Å². The van der Waals surface area contributed by atoms with Crippen molar-refractivity contribution in [3.05, 3.63) is 70.1 Å². The van der Waals surface area contributed by atoms with Gasteiger partial charge in [-0.1, -0.05) is 29.4 Å². The van der Waals surface area contributed by atoms with Crippen molar-refractivity contribution < 1.29 is 24.1 Å². The Labute approximate surface area is 209 Å². The van der Waals surface area contributed by atoms with Gasteiger partial charge in [-0.25, -0.2) is 10.0 Å². The Morgan fingerprint density at radius 2 is 2.03 bits per heavy atom. The molecule has 2 aromatic rings. The largest absolute Gasteiger partial charge is 0.494 e. The van der Waals surface area contributed by atoms with Crippen LogP contribution in [0.1, 0.15) is 24.5 Å². The van der Waals surface area contributed by atoms with Crippen molar-refractivity contribution >= 4 is 17.5 Å². The number of benzene rings is 2. The number of aliphatic hydroxyl groups excluding tert-OH is 1. The number of hydrogen-bond donors (Lipinski definition) is 2. The molecule has 1 saturated heterocycles. The van der Waals surface area contributed by atoms with E-state index in [1.165, 1.54) is 0 Å². The van der Waals surface area contributed by atoms with Crippen LogP contribution in [-0.2, 0) is 20.7 Å². The first-order chi connectivity index (χ1) is 17.6. The lowest BCUT2D eigenvalue weighted by Crippen LogP contribution is -2.58. The fourth-order valence-electron chi connectivity index (χ4n) is 4.16. The van der Waals surface area contributed by atoms with Crippen LogP contribution < -0.4 is 10.2 Å². The van der Waals surface area contributed by atoms with Crippen LogP contribution in [0, 0.1) is 0 Å². The number of nitrogens with zero attached hydrogens (tertiary/aromatic N) is 5. The predicted octanol–water partition coefficient (Wildman–Crippen LogP) is 2.90. The number of ether oxygens (including phenoxy) is 3. The molecule has 0 aliphatic carbocycles. The third-order valence-electron chi connectivity index (χ3n) is 6.20. The van der Waals surface area contributed by atoms with Gasteiger partial charge in [0.05, 0.1) is 19.8 Å². The van der Waals surface area contributed by atoms with Crippen LogP contribution in [0.2, 0.25) is 0 Å². The van der Waals surface area contributed by atoms with Gasteiger partial charge in [-0.3, -0.25) is 10.2 Å². The highest BCUT2D eigenvalue weighted by molar-refractivity contribution is 6.00. The summed E-state index contributed by atoms with van der Waals surface area (Å²) in [4.78, 5) is 21.6. The molecular formula is C25H30N6O5. The molecular weight excluding hydrogens is 464 g/mol. The van der Waals surface area contributed by atoms with Crippen LogP contribution in [0.15, 0.2) is 58.6 Å². The van der Waals surface area contributed by atoms with Gasteiger partial charge < -0.3 is 19.3 Å². The molecule has 2 N–H and O–H groups in total. The van der Waals surface area contributed by atoms with Gasteiger partial charge in [0.1, 0.15) is 11.9 Å². The molecule has 2 aromatic carbocycles. The number of azide groups is 1.